The summed E-state index contributed by atoms with van der Waals surface area (Å²) in [5.41, 5.74) is -0.611. The second kappa shape index (κ2) is 6.75. The van der Waals surface area contributed by atoms with Crippen molar-refractivity contribution in [2.24, 2.45) is 10.9 Å². The monoisotopic (exact) mass is 385 g/mol. The number of aliphatic imine (C=N–C) groups is 1. The highest BCUT2D eigenvalue weighted by Gasteiger charge is 2.44. The summed E-state index contributed by atoms with van der Waals surface area (Å²) in [6.45, 7) is 3.29. The lowest BCUT2D eigenvalue weighted by atomic mass is 9.86. The molecule has 1 aliphatic heterocycles. The molecule has 0 N–H and O–H groups in total. The van der Waals surface area contributed by atoms with E-state index >= 15 is 0 Å². The molecule has 2 unspecified atom stereocenters. The molecule has 0 radical (unpaired) electrons. The lowest BCUT2D eigenvalue weighted by molar-refractivity contribution is -0.147. The summed E-state index contributed by atoms with van der Waals surface area (Å²) >= 11 is 6.07. The number of halogens is 4. The zero-order valence-electron chi connectivity index (χ0n) is 13.9. The number of fused-ring (bicyclic) bond motifs is 1. The molecular formula is C17H15ClF3N3O2. The molecule has 0 bridgehead atoms. The maximum atomic E-state index is 13.6. The van der Waals surface area contributed by atoms with E-state index in [1.165, 1.54) is 29.1 Å². The van der Waals surface area contributed by atoms with Gasteiger partial charge in [-0.3, -0.25) is 4.79 Å². The van der Waals surface area contributed by atoms with Gasteiger partial charge in [0.25, 0.3) is 0 Å². The van der Waals surface area contributed by atoms with Crippen LogP contribution >= 0.6 is 11.6 Å². The Balaban J connectivity index is 2.24. The molecule has 26 heavy (non-hydrogen) atoms. The van der Waals surface area contributed by atoms with Gasteiger partial charge in [0, 0.05) is 5.71 Å². The molecule has 0 saturated carbocycles. The maximum absolute atomic E-state index is 13.6. The molecule has 2 atom stereocenters. The van der Waals surface area contributed by atoms with Gasteiger partial charge in [-0.05, 0) is 25.5 Å². The van der Waals surface area contributed by atoms with E-state index in [0.717, 1.165) is 6.07 Å². The van der Waals surface area contributed by atoms with E-state index in [1.807, 2.05) is 0 Å². The second-order valence-corrected chi connectivity index (χ2v) is 6.18. The van der Waals surface area contributed by atoms with Crippen molar-refractivity contribution in [3.8, 4) is 0 Å². The Morgan fingerprint density at radius 2 is 2.04 bits per heavy atom. The number of rotatable bonds is 3. The third-order valence-electron chi connectivity index (χ3n) is 4.16. The fourth-order valence-corrected chi connectivity index (χ4v) is 3.28. The number of alkyl halides is 3. The average Bonchev–Trinajstić information content (AvgIpc) is 2.94. The van der Waals surface area contributed by atoms with Crippen LogP contribution < -0.4 is 0 Å². The van der Waals surface area contributed by atoms with Crippen LogP contribution in [0.15, 0.2) is 35.5 Å². The van der Waals surface area contributed by atoms with E-state index in [4.69, 9.17) is 16.3 Å². The molecule has 0 aliphatic carbocycles. The van der Waals surface area contributed by atoms with Crippen molar-refractivity contribution in [2.45, 2.75) is 26.1 Å². The van der Waals surface area contributed by atoms with Gasteiger partial charge in [0.1, 0.15) is 10.9 Å². The third kappa shape index (κ3) is 3.09. The summed E-state index contributed by atoms with van der Waals surface area (Å²) in [6, 6.07) is 4.03. The molecule has 1 aliphatic rings. The Labute approximate surface area is 152 Å². The largest absolute Gasteiger partial charge is 0.465 e. The zero-order valence-corrected chi connectivity index (χ0v) is 14.7. The first-order valence-corrected chi connectivity index (χ1v) is 8.24. The minimum atomic E-state index is -4.59. The second-order valence-electron chi connectivity index (χ2n) is 5.77. The summed E-state index contributed by atoms with van der Waals surface area (Å²) in [7, 11) is 0. The van der Waals surface area contributed by atoms with Crippen molar-refractivity contribution in [3.05, 3.63) is 46.6 Å². The van der Waals surface area contributed by atoms with Crippen LogP contribution in [-0.4, -0.2) is 28.1 Å². The number of hydrogen-bond donors (Lipinski definition) is 0. The molecule has 9 heteroatoms. The first-order chi connectivity index (χ1) is 12.3. The van der Waals surface area contributed by atoms with Gasteiger partial charge in [0.05, 0.1) is 24.4 Å². The van der Waals surface area contributed by atoms with Crippen LogP contribution in [0, 0.1) is 5.92 Å². The van der Waals surface area contributed by atoms with Gasteiger partial charge in [-0.25, -0.2) is 9.67 Å². The van der Waals surface area contributed by atoms with Crippen molar-refractivity contribution in [1.82, 2.24) is 9.78 Å². The van der Waals surface area contributed by atoms with E-state index in [-0.39, 0.29) is 23.0 Å². The lowest BCUT2D eigenvalue weighted by Crippen LogP contribution is -2.37. The van der Waals surface area contributed by atoms with Gasteiger partial charge in [-0.1, -0.05) is 29.8 Å². The molecule has 3 rings (SSSR count). The number of benzene rings is 1. The third-order valence-corrected chi connectivity index (χ3v) is 4.43. The lowest BCUT2D eigenvalue weighted by Gasteiger charge is -2.32. The first kappa shape index (κ1) is 18.4. The quantitative estimate of drug-likeness (QED) is 0.734. The predicted octanol–water partition coefficient (Wildman–Crippen LogP) is 4.43. The number of nitrogens with zero attached hydrogens (tertiary/aromatic N) is 3. The zero-order chi connectivity index (χ0) is 19.1. The molecule has 0 amide bonds. The van der Waals surface area contributed by atoms with Crippen molar-refractivity contribution in [3.63, 3.8) is 0 Å². The molecule has 2 aromatic rings. The number of carbonyl (C=O) groups is 1. The van der Waals surface area contributed by atoms with Crippen molar-refractivity contribution in [1.29, 1.82) is 0 Å². The van der Waals surface area contributed by atoms with Gasteiger partial charge in [0.2, 0.25) is 0 Å². The van der Waals surface area contributed by atoms with Crippen molar-refractivity contribution < 1.29 is 22.7 Å². The van der Waals surface area contributed by atoms with Crippen LogP contribution in [0.3, 0.4) is 0 Å². The van der Waals surface area contributed by atoms with Gasteiger partial charge >= 0.3 is 12.1 Å². The van der Waals surface area contributed by atoms with E-state index < -0.39 is 29.7 Å². The molecule has 138 valence electrons. The predicted molar refractivity (Wildman–Crippen MR) is 89.7 cm³/mol. The van der Waals surface area contributed by atoms with E-state index in [2.05, 4.69) is 10.1 Å². The number of carbonyl (C=O) groups excluding carboxylic acids is 1. The van der Waals surface area contributed by atoms with E-state index in [1.54, 1.807) is 13.8 Å². The van der Waals surface area contributed by atoms with E-state index in [0.29, 0.717) is 5.71 Å². The summed E-state index contributed by atoms with van der Waals surface area (Å²) in [5.74, 6) is -1.48. The Bertz CT molecular complexity index is 876. The number of esters is 1. The van der Waals surface area contributed by atoms with E-state index in [9.17, 15) is 18.0 Å². The molecule has 0 fully saturated rings. The summed E-state index contributed by atoms with van der Waals surface area (Å²) in [4.78, 5) is 16.8. The SMILES string of the molecule is CCOC(=O)C1C(C)=Nc2c(Cl)cnn2C1c1ccccc1C(F)(F)F. The number of aromatic nitrogens is 2. The molecule has 5 nitrogen and oxygen atoms in total. The topological polar surface area (TPSA) is 56.5 Å². The molecule has 2 heterocycles. The summed E-state index contributed by atoms with van der Waals surface area (Å²) < 4.78 is 47.0. The first-order valence-electron chi connectivity index (χ1n) is 7.86. The molecule has 1 aromatic carbocycles. The highest BCUT2D eigenvalue weighted by Crippen LogP contribution is 2.44. The van der Waals surface area contributed by atoms with Crippen LogP contribution in [0.1, 0.15) is 31.0 Å². The normalized spacial score (nSPS) is 19.7. The van der Waals surface area contributed by atoms with Crippen LogP contribution in [0.4, 0.5) is 19.0 Å². The van der Waals surface area contributed by atoms with Crippen molar-refractivity contribution >= 4 is 29.1 Å². The summed E-state index contributed by atoms with van der Waals surface area (Å²) in [5, 5.41) is 4.26. The fourth-order valence-electron chi connectivity index (χ4n) is 3.11. The molecule has 0 spiro atoms. The molecular weight excluding hydrogens is 371 g/mol. The van der Waals surface area contributed by atoms with Crippen molar-refractivity contribution in [2.75, 3.05) is 6.61 Å². The Morgan fingerprint density at radius 1 is 1.35 bits per heavy atom. The minimum Gasteiger partial charge on any atom is -0.465 e. The Morgan fingerprint density at radius 3 is 2.69 bits per heavy atom. The highest BCUT2D eigenvalue weighted by molar-refractivity contribution is 6.33. The number of hydrogen-bond acceptors (Lipinski definition) is 4. The van der Waals surface area contributed by atoms with Gasteiger partial charge in [0.15, 0.2) is 5.82 Å². The van der Waals surface area contributed by atoms with Crippen LogP contribution in [-0.2, 0) is 15.7 Å². The molecule has 0 saturated heterocycles. The Kier molecular flexibility index (Phi) is 4.79. The minimum absolute atomic E-state index is 0.0895. The van der Waals surface area contributed by atoms with Gasteiger partial charge in [-0.2, -0.15) is 18.3 Å². The summed E-state index contributed by atoms with van der Waals surface area (Å²) in [6.07, 6.45) is -3.29. The Hall–Kier alpha value is -2.35. The smallest absolute Gasteiger partial charge is 0.416 e. The maximum Gasteiger partial charge on any atom is 0.416 e. The van der Waals surface area contributed by atoms with Crippen LogP contribution in [0.2, 0.25) is 5.02 Å². The molecule has 1 aromatic heterocycles. The van der Waals surface area contributed by atoms with Gasteiger partial charge in [-0.15, -0.1) is 0 Å². The standard InChI is InChI=1S/C17H15ClF3N3O2/c1-3-26-16(25)13-9(2)23-15-12(18)8-22-24(15)14(13)10-6-4-5-7-11(10)17(19,20)21/h4-8,13-14H,3H2,1-2H3. The average molecular weight is 386 g/mol. The fraction of sp³-hybridized carbons (Fsp3) is 0.353. The van der Waals surface area contributed by atoms with Crippen LogP contribution in [0.25, 0.3) is 0 Å². The number of ether oxygens (including phenoxy) is 1. The van der Waals surface area contributed by atoms with Crippen LogP contribution in [0.5, 0.6) is 0 Å². The highest BCUT2D eigenvalue weighted by atomic mass is 35.5. The van der Waals surface area contributed by atoms with Gasteiger partial charge < -0.3 is 4.74 Å².